The number of aromatic hydroxyl groups is 3. The molecule has 0 heterocycles. The molecule has 0 aliphatic carbocycles. The molecule has 5 heteroatoms. The molecule has 3 N–H and O–H groups in total. The molecule has 0 aromatic heterocycles. The number of benzene rings is 1. The van der Waals surface area contributed by atoms with Crippen molar-refractivity contribution in [2.75, 3.05) is 0 Å². The van der Waals surface area contributed by atoms with Crippen molar-refractivity contribution in [1.82, 2.24) is 0 Å². The van der Waals surface area contributed by atoms with Crippen molar-refractivity contribution < 1.29 is 24.9 Å². The summed E-state index contributed by atoms with van der Waals surface area (Å²) in [5, 5.41) is 27.2. The molecule has 0 aliphatic heterocycles. The van der Waals surface area contributed by atoms with Gasteiger partial charge in [-0.05, 0) is 12.1 Å². The van der Waals surface area contributed by atoms with E-state index in [1.807, 2.05) is 0 Å². The lowest BCUT2D eigenvalue weighted by Gasteiger charge is -2.06. The molecule has 0 unspecified atom stereocenters. The van der Waals surface area contributed by atoms with Crippen LogP contribution in [0.3, 0.4) is 0 Å². The van der Waals surface area contributed by atoms with Gasteiger partial charge >= 0.3 is 5.97 Å². The van der Waals surface area contributed by atoms with Gasteiger partial charge in [-0.1, -0.05) is 6.58 Å². The van der Waals surface area contributed by atoms with Crippen LogP contribution in [0.1, 0.15) is 0 Å². The van der Waals surface area contributed by atoms with E-state index < -0.39 is 23.2 Å². The highest BCUT2D eigenvalue weighted by Gasteiger charge is 2.13. The number of carbonyl (C=O) groups excluding carboxylic acids is 1. The molecule has 1 aromatic carbocycles. The van der Waals surface area contributed by atoms with Crippen LogP contribution in [-0.2, 0) is 4.79 Å². The van der Waals surface area contributed by atoms with Crippen LogP contribution in [0.4, 0.5) is 0 Å². The maximum absolute atomic E-state index is 10.7. The van der Waals surface area contributed by atoms with Crippen molar-refractivity contribution in [3.05, 3.63) is 24.8 Å². The second kappa shape index (κ2) is 3.69. The van der Waals surface area contributed by atoms with Gasteiger partial charge in [0.2, 0.25) is 11.5 Å². The minimum atomic E-state index is -0.773. The molecule has 0 aliphatic rings. The second-order valence-corrected chi connectivity index (χ2v) is 2.41. The number of hydrogen-bond donors (Lipinski definition) is 3. The lowest BCUT2D eigenvalue weighted by molar-refractivity contribution is -0.129. The second-order valence-electron chi connectivity index (χ2n) is 2.41. The van der Waals surface area contributed by atoms with Crippen molar-refractivity contribution in [3.63, 3.8) is 0 Å². The van der Waals surface area contributed by atoms with Gasteiger partial charge in [0.25, 0.3) is 0 Å². The largest absolute Gasteiger partial charge is 0.504 e. The molecule has 74 valence electrons. The molecule has 0 radical (unpaired) electrons. The standard InChI is InChI=1S/C9H8O5/c1-2-7(11)14-6-4-3-5(10)8(12)9(6)13/h2-4,10,12-13H,1H2. The predicted molar refractivity (Wildman–Crippen MR) is 47.3 cm³/mol. The first-order valence-corrected chi connectivity index (χ1v) is 3.64. The van der Waals surface area contributed by atoms with Crippen molar-refractivity contribution in [3.8, 4) is 23.0 Å². The maximum Gasteiger partial charge on any atom is 0.335 e. The minimum Gasteiger partial charge on any atom is -0.504 e. The van der Waals surface area contributed by atoms with Gasteiger partial charge in [-0.2, -0.15) is 0 Å². The van der Waals surface area contributed by atoms with E-state index in [9.17, 15) is 9.90 Å². The Morgan fingerprint density at radius 1 is 1.29 bits per heavy atom. The Balaban J connectivity index is 3.05. The first-order chi connectivity index (χ1) is 6.56. The average Bonchev–Trinajstić information content (AvgIpc) is 2.19. The van der Waals surface area contributed by atoms with Crippen LogP contribution in [0.5, 0.6) is 23.0 Å². The number of hydrogen-bond acceptors (Lipinski definition) is 5. The number of ether oxygens (including phenoxy) is 1. The summed E-state index contributed by atoms with van der Waals surface area (Å²) < 4.78 is 4.55. The summed E-state index contributed by atoms with van der Waals surface area (Å²) in [5.74, 6) is -2.95. The first kappa shape index (κ1) is 9.91. The van der Waals surface area contributed by atoms with Crippen LogP contribution < -0.4 is 4.74 Å². The zero-order valence-electron chi connectivity index (χ0n) is 7.10. The van der Waals surface area contributed by atoms with E-state index in [0.717, 1.165) is 18.2 Å². The molecule has 0 fully saturated rings. The SMILES string of the molecule is C=CC(=O)Oc1ccc(O)c(O)c1O. The van der Waals surface area contributed by atoms with E-state index in [-0.39, 0.29) is 5.75 Å². The van der Waals surface area contributed by atoms with Gasteiger partial charge in [0.05, 0.1) is 0 Å². The van der Waals surface area contributed by atoms with Gasteiger partial charge in [0, 0.05) is 6.08 Å². The minimum absolute atomic E-state index is 0.245. The Morgan fingerprint density at radius 3 is 2.50 bits per heavy atom. The van der Waals surface area contributed by atoms with Crippen LogP contribution in [0.2, 0.25) is 0 Å². The molecule has 0 saturated carbocycles. The highest BCUT2D eigenvalue weighted by Crippen LogP contribution is 2.41. The van der Waals surface area contributed by atoms with Gasteiger partial charge in [0.1, 0.15) is 0 Å². The molecule has 1 rings (SSSR count). The van der Waals surface area contributed by atoms with Crippen LogP contribution in [-0.4, -0.2) is 21.3 Å². The molecular weight excluding hydrogens is 188 g/mol. The molecule has 0 bridgehead atoms. The fraction of sp³-hybridized carbons (Fsp3) is 0. The first-order valence-electron chi connectivity index (χ1n) is 3.64. The summed E-state index contributed by atoms with van der Waals surface area (Å²) in [4.78, 5) is 10.7. The van der Waals surface area contributed by atoms with E-state index in [1.165, 1.54) is 0 Å². The fourth-order valence-corrected chi connectivity index (χ4v) is 0.783. The third kappa shape index (κ3) is 1.77. The van der Waals surface area contributed by atoms with E-state index in [1.54, 1.807) is 0 Å². The Morgan fingerprint density at radius 2 is 1.93 bits per heavy atom. The number of rotatable bonds is 2. The van der Waals surface area contributed by atoms with Gasteiger partial charge < -0.3 is 20.1 Å². The van der Waals surface area contributed by atoms with Gasteiger partial charge in [-0.15, -0.1) is 0 Å². The number of carbonyl (C=O) groups is 1. The normalized spacial score (nSPS) is 9.43. The van der Waals surface area contributed by atoms with Crippen molar-refractivity contribution in [2.24, 2.45) is 0 Å². The Kier molecular flexibility index (Phi) is 2.62. The number of phenolic OH excluding ortho intramolecular Hbond substituents is 3. The fourth-order valence-electron chi connectivity index (χ4n) is 0.783. The van der Waals surface area contributed by atoms with Crippen LogP contribution in [0.25, 0.3) is 0 Å². The van der Waals surface area contributed by atoms with Gasteiger partial charge in [0.15, 0.2) is 11.5 Å². The monoisotopic (exact) mass is 196 g/mol. The Bertz CT molecular complexity index is 383. The van der Waals surface area contributed by atoms with Crippen molar-refractivity contribution in [2.45, 2.75) is 0 Å². The third-order valence-corrected chi connectivity index (χ3v) is 1.47. The summed E-state index contributed by atoms with van der Waals surface area (Å²) in [6.07, 6.45) is 0.906. The summed E-state index contributed by atoms with van der Waals surface area (Å²) in [6.45, 7) is 3.16. The predicted octanol–water partition coefficient (Wildman–Crippen LogP) is 0.895. The Hall–Kier alpha value is -2.17. The third-order valence-electron chi connectivity index (χ3n) is 1.47. The van der Waals surface area contributed by atoms with E-state index >= 15 is 0 Å². The summed E-state index contributed by atoms with van der Waals surface area (Å²) >= 11 is 0. The molecule has 14 heavy (non-hydrogen) atoms. The lowest BCUT2D eigenvalue weighted by Crippen LogP contribution is -2.02. The highest BCUT2D eigenvalue weighted by atomic mass is 16.5. The zero-order valence-corrected chi connectivity index (χ0v) is 7.10. The maximum atomic E-state index is 10.7. The van der Waals surface area contributed by atoms with Crippen LogP contribution in [0, 0.1) is 0 Å². The number of phenols is 3. The molecular formula is C9H8O5. The van der Waals surface area contributed by atoms with Crippen molar-refractivity contribution in [1.29, 1.82) is 0 Å². The van der Waals surface area contributed by atoms with E-state index in [2.05, 4.69) is 11.3 Å². The smallest absolute Gasteiger partial charge is 0.335 e. The van der Waals surface area contributed by atoms with Gasteiger partial charge in [-0.3, -0.25) is 0 Å². The molecule has 0 spiro atoms. The van der Waals surface area contributed by atoms with E-state index in [0.29, 0.717) is 0 Å². The zero-order chi connectivity index (χ0) is 10.7. The lowest BCUT2D eigenvalue weighted by atomic mass is 10.3. The summed E-state index contributed by atoms with van der Waals surface area (Å²) in [7, 11) is 0. The molecule has 0 amide bonds. The topological polar surface area (TPSA) is 87.0 Å². The van der Waals surface area contributed by atoms with Crippen molar-refractivity contribution >= 4 is 5.97 Å². The van der Waals surface area contributed by atoms with Gasteiger partial charge in [-0.25, -0.2) is 4.79 Å². The van der Waals surface area contributed by atoms with Crippen LogP contribution >= 0.6 is 0 Å². The molecule has 0 saturated heterocycles. The van der Waals surface area contributed by atoms with Crippen LogP contribution in [0.15, 0.2) is 24.8 Å². The highest BCUT2D eigenvalue weighted by molar-refractivity contribution is 5.84. The summed E-state index contributed by atoms with van der Waals surface area (Å²) in [5.41, 5.74) is 0. The Labute approximate surface area is 79.5 Å². The molecule has 1 aromatic rings. The quantitative estimate of drug-likeness (QED) is 0.283. The average molecular weight is 196 g/mol. The summed E-state index contributed by atoms with van der Waals surface area (Å²) in [6, 6.07) is 2.23. The molecule has 5 nitrogen and oxygen atoms in total. The number of esters is 1. The molecule has 0 atom stereocenters. The van der Waals surface area contributed by atoms with E-state index in [4.69, 9.17) is 10.2 Å².